The van der Waals surface area contributed by atoms with Gasteiger partial charge in [0.15, 0.2) is 17.0 Å². The maximum absolute atomic E-state index is 6.04. The van der Waals surface area contributed by atoms with Gasteiger partial charge in [0.25, 0.3) is 6.01 Å². The lowest BCUT2D eigenvalue weighted by Gasteiger charge is -2.13. The fraction of sp³-hybridized carbons (Fsp3) is 0.688. The predicted octanol–water partition coefficient (Wildman–Crippen LogP) is 3.39. The number of unbranched alkanes of at least 4 members (excludes halogenated alkanes) is 2. The van der Waals surface area contributed by atoms with Crippen LogP contribution in [0.15, 0.2) is 0 Å². The molecule has 134 valence electrons. The molecule has 2 rings (SSSR count). The van der Waals surface area contributed by atoms with Crippen molar-refractivity contribution in [2.45, 2.75) is 58.6 Å². The maximum Gasteiger partial charge on any atom is 0.320 e. The van der Waals surface area contributed by atoms with Crippen LogP contribution >= 0.6 is 11.6 Å². The number of hydrogen-bond acceptors (Lipinski definition) is 6. The maximum atomic E-state index is 6.04. The number of hydrogen-bond donors (Lipinski definition) is 1. The van der Waals surface area contributed by atoms with Crippen LogP contribution in [0.2, 0.25) is 0 Å². The SMILES string of the molecule is CCCCC(C)Oc1nc(N)c2nc(OC)n(CCCCCl)c2n1. The Bertz CT molecular complexity index is 661. The average molecular weight is 356 g/mol. The van der Waals surface area contributed by atoms with Gasteiger partial charge >= 0.3 is 6.01 Å². The number of aryl methyl sites for hydroxylation is 1. The molecular formula is C16H26ClN5O2. The largest absolute Gasteiger partial charge is 0.468 e. The molecular weight excluding hydrogens is 330 g/mol. The monoisotopic (exact) mass is 355 g/mol. The van der Waals surface area contributed by atoms with Gasteiger partial charge in [-0.05, 0) is 26.2 Å². The molecule has 2 aromatic heterocycles. The zero-order chi connectivity index (χ0) is 17.5. The van der Waals surface area contributed by atoms with Gasteiger partial charge in [-0.25, -0.2) is 0 Å². The molecule has 2 heterocycles. The minimum atomic E-state index is 0.0383. The molecule has 1 unspecified atom stereocenters. The highest BCUT2D eigenvalue weighted by atomic mass is 35.5. The zero-order valence-electron chi connectivity index (χ0n) is 14.6. The first-order valence-corrected chi connectivity index (χ1v) is 8.94. The van der Waals surface area contributed by atoms with Crippen molar-refractivity contribution >= 4 is 28.6 Å². The van der Waals surface area contributed by atoms with Gasteiger partial charge in [-0.1, -0.05) is 19.8 Å². The van der Waals surface area contributed by atoms with E-state index >= 15 is 0 Å². The van der Waals surface area contributed by atoms with E-state index in [0.29, 0.717) is 35.4 Å². The molecule has 1 atom stereocenters. The molecule has 0 aromatic carbocycles. The summed E-state index contributed by atoms with van der Waals surface area (Å²) in [6, 6.07) is 0.751. The summed E-state index contributed by atoms with van der Waals surface area (Å²) in [7, 11) is 1.58. The highest BCUT2D eigenvalue weighted by Gasteiger charge is 2.18. The van der Waals surface area contributed by atoms with Crippen LogP contribution in [0.1, 0.15) is 46.0 Å². The number of alkyl halides is 1. The minimum Gasteiger partial charge on any atom is -0.468 e. The number of aromatic nitrogens is 4. The minimum absolute atomic E-state index is 0.0383. The van der Waals surface area contributed by atoms with E-state index in [4.69, 9.17) is 26.8 Å². The Morgan fingerprint density at radius 1 is 1.21 bits per heavy atom. The van der Waals surface area contributed by atoms with E-state index in [1.165, 1.54) is 0 Å². The van der Waals surface area contributed by atoms with Crippen molar-refractivity contribution in [2.75, 3.05) is 18.7 Å². The Morgan fingerprint density at radius 2 is 2.00 bits per heavy atom. The van der Waals surface area contributed by atoms with Crippen molar-refractivity contribution in [3.8, 4) is 12.0 Å². The van der Waals surface area contributed by atoms with Crippen LogP contribution < -0.4 is 15.2 Å². The van der Waals surface area contributed by atoms with Crippen LogP contribution in [-0.2, 0) is 6.54 Å². The summed E-state index contributed by atoms with van der Waals surface area (Å²) in [5.41, 5.74) is 7.21. The highest BCUT2D eigenvalue weighted by molar-refractivity contribution is 6.17. The molecule has 0 aliphatic rings. The second-order valence-electron chi connectivity index (χ2n) is 5.78. The van der Waals surface area contributed by atoms with E-state index in [1.54, 1.807) is 7.11 Å². The molecule has 0 radical (unpaired) electrons. The number of methoxy groups -OCH3 is 1. The summed E-state index contributed by atoms with van der Waals surface area (Å²) in [4.78, 5) is 13.1. The lowest BCUT2D eigenvalue weighted by Crippen LogP contribution is -2.14. The van der Waals surface area contributed by atoms with Crippen LogP contribution in [0, 0.1) is 0 Å². The molecule has 24 heavy (non-hydrogen) atoms. The number of nitrogen functional groups attached to an aromatic ring is 1. The van der Waals surface area contributed by atoms with E-state index in [-0.39, 0.29) is 12.1 Å². The van der Waals surface area contributed by atoms with Gasteiger partial charge in [0, 0.05) is 12.4 Å². The molecule has 0 amide bonds. The van der Waals surface area contributed by atoms with Crippen LogP contribution in [0.5, 0.6) is 12.0 Å². The van der Waals surface area contributed by atoms with Gasteiger partial charge in [0.1, 0.15) is 0 Å². The Hall–Kier alpha value is -1.76. The normalized spacial score (nSPS) is 12.5. The third kappa shape index (κ3) is 4.41. The third-order valence-corrected chi connectivity index (χ3v) is 4.05. The lowest BCUT2D eigenvalue weighted by atomic mass is 10.2. The molecule has 0 aliphatic carbocycles. The van der Waals surface area contributed by atoms with Crippen molar-refractivity contribution in [1.82, 2.24) is 19.5 Å². The number of ether oxygens (including phenoxy) is 2. The standard InChI is InChI=1S/C16H26ClN5O2/c1-4-5-8-11(2)24-15-20-13(18)12-14(21-15)22(10-7-6-9-17)16(19-12)23-3/h11H,4-10H2,1-3H3,(H2,18,20,21). The van der Waals surface area contributed by atoms with E-state index < -0.39 is 0 Å². The Morgan fingerprint density at radius 3 is 2.67 bits per heavy atom. The summed E-state index contributed by atoms with van der Waals surface area (Å²) in [6.45, 7) is 4.87. The van der Waals surface area contributed by atoms with Gasteiger partial charge < -0.3 is 15.2 Å². The van der Waals surface area contributed by atoms with Crippen LogP contribution in [0.3, 0.4) is 0 Å². The Balaban J connectivity index is 2.30. The molecule has 0 aliphatic heterocycles. The number of rotatable bonds is 10. The Kier molecular flexibility index (Phi) is 6.90. The number of nitrogens with zero attached hydrogens (tertiary/aromatic N) is 4. The smallest absolute Gasteiger partial charge is 0.320 e. The van der Waals surface area contributed by atoms with E-state index in [1.807, 2.05) is 11.5 Å². The molecule has 7 nitrogen and oxygen atoms in total. The molecule has 0 fully saturated rings. The summed E-state index contributed by atoms with van der Waals surface area (Å²) in [5.74, 6) is 0.919. The fourth-order valence-electron chi connectivity index (χ4n) is 2.49. The van der Waals surface area contributed by atoms with Gasteiger partial charge in [-0.2, -0.15) is 15.0 Å². The number of halogens is 1. The average Bonchev–Trinajstić information content (AvgIpc) is 2.92. The van der Waals surface area contributed by atoms with E-state index in [2.05, 4.69) is 21.9 Å². The second kappa shape index (κ2) is 8.92. The van der Waals surface area contributed by atoms with Crippen LogP contribution in [0.4, 0.5) is 5.82 Å². The number of nitrogens with two attached hydrogens (primary N) is 1. The third-order valence-electron chi connectivity index (χ3n) is 3.78. The molecule has 2 N–H and O–H groups in total. The van der Waals surface area contributed by atoms with Crippen LogP contribution in [0.25, 0.3) is 11.2 Å². The number of anilines is 1. The number of imidazole rings is 1. The van der Waals surface area contributed by atoms with Crippen molar-refractivity contribution < 1.29 is 9.47 Å². The first-order valence-electron chi connectivity index (χ1n) is 8.41. The lowest BCUT2D eigenvalue weighted by molar-refractivity contribution is 0.191. The zero-order valence-corrected chi connectivity index (χ0v) is 15.3. The summed E-state index contributed by atoms with van der Waals surface area (Å²) >= 11 is 5.76. The molecule has 0 saturated heterocycles. The molecule has 0 bridgehead atoms. The van der Waals surface area contributed by atoms with Crippen molar-refractivity contribution in [3.63, 3.8) is 0 Å². The number of fused-ring (bicyclic) bond motifs is 1. The van der Waals surface area contributed by atoms with E-state index in [0.717, 1.165) is 32.1 Å². The fourth-order valence-corrected chi connectivity index (χ4v) is 2.68. The van der Waals surface area contributed by atoms with Gasteiger partial charge in [-0.15, -0.1) is 11.6 Å². The molecule has 8 heteroatoms. The molecule has 0 spiro atoms. The topological polar surface area (TPSA) is 88.1 Å². The predicted molar refractivity (Wildman–Crippen MR) is 95.9 cm³/mol. The highest BCUT2D eigenvalue weighted by Crippen LogP contribution is 2.26. The molecule has 0 saturated carbocycles. The van der Waals surface area contributed by atoms with Crippen molar-refractivity contribution in [2.24, 2.45) is 0 Å². The Labute approximate surface area is 147 Å². The van der Waals surface area contributed by atoms with Gasteiger partial charge in [0.05, 0.1) is 13.2 Å². The first kappa shape index (κ1) is 18.6. The summed E-state index contributed by atoms with van der Waals surface area (Å²) in [5, 5.41) is 0. The first-order chi connectivity index (χ1) is 11.6. The van der Waals surface area contributed by atoms with Crippen molar-refractivity contribution in [3.05, 3.63) is 0 Å². The molecule has 2 aromatic rings. The summed E-state index contributed by atoms with van der Waals surface area (Å²) in [6.07, 6.45) is 5.02. The van der Waals surface area contributed by atoms with Gasteiger partial charge in [-0.3, -0.25) is 4.57 Å². The second-order valence-corrected chi connectivity index (χ2v) is 6.16. The van der Waals surface area contributed by atoms with E-state index in [9.17, 15) is 0 Å². The quantitative estimate of drug-likeness (QED) is 0.519. The van der Waals surface area contributed by atoms with Crippen molar-refractivity contribution in [1.29, 1.82) is 0 Å². The summed E-state index contributed by atoms with van der Waals surface area (Å²) < 4.78 is 13.1. The van der Waals surface area contributed by atoms with Gasteiger partial charge in [0.2, 0.25) is 0 Å². The van der Waals surface area contributed by atoms with Crippen LogP contribution in [-0.4, -0.2) is 38.6 Å².